The fourth-order valence-electron chi connectivity index (χ4n) is 2.57. The molecule has 0 aliphatic heterocycles. The minimum absolute atomic E-state index is 0.586. The summed E-state index contributed by atoms with van der Waals surface area (Å²) in [5, 5.41) is 7.46. The predicted molar refractivity (Wildman–Crippen MR) is 75.5 cm³/mol. The molecule has 1 heterocycles. The second-order valence-electron chi connectivity index (χ2n) is 4.99. The fourth-order valence-corrected chi connectivity index (χ4v) is 2.82. The lowest BCUT2D eigenvalue weighted by molar-refractivity contribution is 0.672. The van der Waals surface area contributed by atoms with Gasteiger partial charge in [0.1, 0.15) is 5.82 Å². The van der Waals surface area contributed by atoms with E-state index in [1.807, 2.05) is 0 Å². The Morgan fingerprint density at radius 2 is 2.06 bits per heavy atom. The highest BCUT2D eigenvalue weighted by Crippen LogP contribution is 2.33. The Morgan fingerprint density at radius 1 is 1.28 bits per heavy atom. The number of halogens is 1. The average Bonchev–Trinajstić information content (AvgIpc) is 3.01. The topological polar surface area (TPSA) is 41.6 Å². The number of aromatic amines is 1. The van der Waals surface area contributed by atoms with Crippen LogP contribution in [0.2, 0.25) is 0 Å². The van der Waals surface area contributed by atoms with E-state index >= 15 is 0 Å². The van der Waals surface area contributed by atoms with Crippen LogP contribution in [0.3, 0.4) is 0 Å². The Hall–Kier alpha value is -1.16. The van der Waals surface area contributed by atoms with E-state index < -0.39 is 0 Å². The summed E-state index contributed by atoms with van der Waals surface area (Å²) >= 11 is 3.51. The summed E-state index contributed by atoms with van der Waals surface area (Å²) in [6.07, 6.45) is 5.12. The van der Waals surface area contributed by atoms with Gasteiger partial charge in [-0.1, -0.05) is 28.8 Å². The summed E-state index contributed by atoms with van der Waals surface area (Å²) in [6.45, 7) is 2.08. The largest absolute Gasteiger partial charge is 0.262 e. The molecule has 0 radical (unpaired) electrons. The van der Waals surface area contributed by atoms with Crippen molar-refractivity contribution in [2.24, 2.45) is 0 Å². The van der Waals surface area contributed by atoms with Gasteiger partial charge < -0.3 is 0 Å². The van der Waals surface area contributed by atoms with E-state index in [0.717, 1.165) is 21.7 Å². The molecule has 3 nitrogen and oxygen atoms in total. The molecule has 0 atom stereocenters. The maximum atomic E-state index is 4.65. The Bertz CT molecular complexity index is 556. The summed E-state index contributed by atoms with van der Waals surface area (Å²) in [5.74, 6) is 2.46. The maximum absolute atomic E-state index is 4.65. The fraction of sp³-hybridized carbons (Fsp3) is 0.429. The second kappa shape index (κ2) is 4.84. The van der Waals surface area contributed by atoms with Crippen LogP contribution in [0.5, 0.6) is 0 Å². The van der Waals surface area contributed by atoms with E-state index in [-0.39, 0.29) is 0 Å². The Balaban J connectivity index is 1.89. The summed E-state index contributed by atoms with van der Waals surface area (Å²) < 4.78 is 1.12. The number of aromatic nitrogens is 3. The van der Waals surface area contributed by atoms with Gasteiger partial charge in [-0.3, -0.25) is 5.10 Å². The van der Waals surface area contributed by atoms with Gasteiger partial charge >= 0.3 is 0 Å². The lowest BCUT2D eigenvalue weighted by atomic mass is 10.1. The van der Waals surface area contributed by atoms with E-state index in [1.54, 1.807) is 0 Å². The third-order valence-electron chi connectivity index (χ3n) is 3.66. The zero-order valence-electron chi connectivity index (χ0n) is 10.4. The van der Waals surface area contributed by atoms with Crippen molar-refractivity contribution in [3.8, 4) is 11.4 Å². The van der Waals surface area contributed by atoms with E-state index in [0.29, 0.717) is 5.92 Å². The van der Waals surface area contributed by atoms with Gasteiger partial charge in [-0.15, -0.1) is 0 Å². The minimum atomic E-state index is 0.586. The van der Waals surface area contributed by atoms with Crippen LogP contribution in [-0.4, -0.2) is 15.2 Å². The average molecular weight is 306 g/mol. The van der Waals surface area contributed by atoms with E-state index in [9.17, 15) is 0 Å². The highest BCUT2D eigenvalue weighted by atomic mass is 79.9. The molecule has 3 rings (SSSR count). The lowest BCUT2D eigenvalue weighted by Crippen LogP contribution is -1.94. The number of benzene rings is 1. The molecule has 1 aromatic heterocycles. The van der Waals surface area contributed by atoms with Crippen molar-refractivity contribution in [3.63, 3.8) is 0 Å². The first-order chi connectivity index (χ1) is 8.74. The van der Waals surface area contributed by atoms with Gasteiger partial charge in [0.25, 0.3) is 0 Å². The first kappa shape index (κ1) is 11.9. The third-order valence-corrected chi connectivity index (χ3v) is 4.55. The van der Waals surface area contributed by atoms with Crippen LogP contribution in [0.4, 0.5) is 0 Å². The van der Waals surface area contributed by atoms with Gasteiger partial charge in [0, 0.05) is 16.0 Å². The molecule has 1 aromatic carbocycles. The SMILES string of the molecule is Cc1cc(-c2n[nH]c(C3CCCC3)n2)ccc1Br. The van der Waals surface area contributed by atoms with Crippen LogP contribution >= 0.6 is 15.9 Å². The molecule has 2 aromatic rings. The molecule has 1 aliphatic carbocycles. The number of H-pyrrole nitrogens is 1. The van der Waals surface area contributed by atoms with Crippen molar-refractivity contribution in [1.29, 1.82) is 0 Å². The molecule has 0 unspecified atom stereocenters. The van der Waals surface area contributed by atoms with E-state index in [4.69, 9.17) is 0 Å². The predicted octanol–water partition coefficient (Wildman–Crippen LogP) is 4.20. The summed E-state index contributed by atoms with van der Waals surface area (Å²) in [6, 6.07) is 6.22. The van der Waals surface area contributed by atoms with E-state index in [1.165, 1.54) is 31.2 Å². The number of hydrogen-bond acceptors (Lipinski definition) is 2. The van der Waals surface area contributed by atoms with Crippen LogP contribution in [0, 0.1) is 6.92 Å². The normalized spacial score (nSPS) is 16.3. The van der Waals surface area contributed by atoms with Gasteiger partial charge in [-0.2, -0.15) is 5.10 Å². The van der Waals surface area contributed by atoms with Crippen molar-refractivity contribution in [2.45, 2.75) is 38.5 Å². The molecule has 1 fully saturated rings. The monoisotopic (exact) mass is 305 g/mol. The highest BCUT2D eigenvalue weighted by molar-refractivity contribution is 9.10. The molecular weight excluding hydrogens is 290 g/mol. The number of aryl methyl sites for hydroxylation is 1. The van der Waals surface area contributed by atoms with Crippen LogP contribution in [0.15, 0.2) is 22.7 Å². The van der Waals surface area contributed by atoms with Crippen LogP contribution < -0.4 is 0 Å². The molecule has 1 aliphatic rings. The van der Waals surface area contributed by atoms with Gasteiger partial charge in [0.2, 0.25) is 0 Å². The smallest absolute Gasteiger partial charge is 0.181 e. The summed E-state index contributed by atoms with van der Waals surface area (Å²) in [7, 11) is 0. The first-order valence-electron chi connectivity index (χ1n) is 6.43. The number of hydrogen-bond donors (Lipinski definition) is 1. The molecule has 18 heavy (non-hydrogen) atoms. The number of rotatable bonds is 2. The Kier molecular flexibility index (Phi) is 3.20. The van der Waals surface area contributed by atoms with E-state index in [2.05, 4.69) is 56.2 Å². The standard InChI is InChI=1S/C14H16BrN3/c1-9-8-11(6-7-12(9)15)14-16-13(17-18-14)10-4-2-3-5-10/h6-8,10H,2-5H2,1H3,(H,16,17,18). The molecule has 1 N–H and O–H groups in total. The quantitative estimate of drug-likeness (QED) is 0.903. The van der Waals surface area contributed by atoms with Crippen LogP contribution in [0.25, 0.3) is 11.4 Å². The molecule has 0 amide bonds. The number of nitrogens with one attached hydrogen (secondary N) is 1. The zero-order chi connectivity index (χ0) is 12.5. The summed E-state index contributed by atoms with van der Waals surface area (Å²) in [4.78, 5) is 4.65. The molecular formula is C14H16BrN3. The molecule has 4 heteroatoms. The maximum Gasteiger partial charge on any atom is 0.181 e. The zero-order valence-corrected chi connectivity index (χ0v) is 12.0. The minimum Gasteiger partial charge on any atom is -0.262 e. The van der Waals surface area contributed by atoms with Crippen molar-refractivity contribution in [3.05, 3.63) is 34.1 Å². The number of nitrogens with zero attached hydrogens (tertiary/aromatic N) is 2. The molecule has 0 spiro atoms. The third kappa shape index (κ3) is 2.21. The molecule has 1 saturated carbocycles. The van der Waals surface area contributed by atoms with Crippen molar-refractivity contribution in [2.75, 3.05) is 0 Å². The van der Waals surface area contributed by atoms with Gasteiger partial charge in [-0.05, 0) is 43.5 Å². The second-order valence-corrected chi connectivity index (χ2v) is 5.84. The van der Waals surface area contributed by atoms with Crippen molar-refractivity contribution in [1.82, 2.24) is 15.2 Å². The van der Waals surface area contributed by atoms with Crippen molar-refractivity contribution < 1.29 is 0 Å². The highest BCUT2D eigenvalue weighted by Gasteiger charge is 2.20. The molecule has 94 valence electrons. The van der Waals surface area contributed by atoms with Crippen LogP contribution in [0.1, 0.15) is 43.0 Å². The Morgan fingerprint density at radius 3 is 2.78 bits per heavy atom. The van der Waals surface area contributed by atoms with Crippen molar-refractivity contribution >= 4 is 15.9 Å². The lowest BCUT2D eigenvalue weighted by Gasteiger charge is -2.02. The summed E-state index contributed by atoms with van der Waals surface area (Å²) in [5.41, 5.74) is 2.29. The molecule has 0 bridgehead atoms. The van der Waals surface area contributed by atoms with Gasteiger partial charge in [0.15, 0.2) is 5.82 Å². The molecule has 0 saturated heterocycles. The van der Waals surface area contributed by atoms with Crippen LogP contribution in [-0.2, 0) is 0 Å². The van der Waals surface area contributed by atoms with Gasteiger partial charge in [-0.25, -0.2) is 4.98 Å². The Labute approximate surface area is 115 Å². The van der Waals surface area contributed by atoms with Gasteiger partial charge in [0.05, 0.1) is 0 Å². The first-order valence-corrected chi connectivity index (χ1v) is 7.22.